The lowest BCUT2D eigenvalue weighted by molar-refractivity contribution is -0.644. The Hall–Kier alpha value is -2.66. The summed E-state index contributed by atoms with van der Waals surface area (Å²) >= 11 is 0. The normalized spacial score (nSPS) is 14.8. The molecule has 0 saturated carbocycles. The molecule has 0 amide bonds. The van der Waals surface area contributed by atoms with E-state index in [0.29, 0.717) is 0 Å². The van der Waals surface area contributed by atoms with E-state index in [9.17, 15) is 0 Å². The highest BCUT2D eigenvalue weighted by Crippen LogP contribution is 2.31. The smallest absolute Gasteiger partial charge is 0.212 e. The highest BCUT2D eigenvalue weighted by molar-refractivity contribution is 5.87. The van der Waals surface area contributed by atoms with E-state index >= 15 is 0 Å². The number of rotatable bonds is 3. The van der Waals surface area contributed by atoms with Crippen LogP contribution in [0.4, 0.5) is 5.69 Å². The van der Waals surface area contributed by atoms with E-state index in [2.05, 4.69) is 127 Å². The predicted molar refractivity (Wildman–Crippen MR) is 115 cm³/mol. The number of aryl methyl sites for hydroxylation is 1. The fourth-order valence-corrected chi connectivity index (χ4v) is 3.45. The molecule has 1 aliphatic rings. The number of pyridine rings is 1. The van der Waals surface area contributed by atoms with Crippen molar-refractivity contribution in [1.82, 2.24) is 0 Å². The number of allylic oxidation sites excluding steroid dienone is 6. The average molecular weight is 478 g/mol. The summed E-state index contributed by atoms with van der Waals surface area (Å²) in [7, 11) is 4.16. The molecule has 140 valence electrons. The van der Waals surface area contributed by atoms with Crippen molar-refractivity contribution in [2.45, 2.75) is 0 Å². The summed E-state index contributed by atoms with van der Waals surface area (Å²) in [5.41, 5.74) is 6.19. The lowest BCUT2D eigenvalue weighted by Gasteiger charge is -2.23. The van der Waals surface area contributed by atoms with Gasteiger partial charge >= 0.3 is 0 Å². The lowest BCUT2D eigenvalue weighted by atomic mass is 10.00. The maximum absolute atomic E-state index is 2.17. The van der Waals surface area contributed by atoms with Crippen LogP contribution in [-0.2, 0) is 7.05 Å². The van der Waals surface area contributed by atoms with Crippen molar-refractivity contribution in [2.75, 3.05) is 11.9 Å². The molecule has 0 radical (unpaired) electrons. The number of aromatic nitrogens is 1. The molecular formula is C25H23IN2. The van der Waals surface area contributed by atoms with Crippen LogP contribution < -0.4 is 33.4 Å². The first kappa shape index (κ1) is 20.1. The SMILES string of the molecule is CN1C=C/C(=C/C=C/C=C/c2cc[n+](C)c3ccccc23)c2ccccc21.[I-]. The molecule has 0 atom stereocenters. The summed E-state index contributed by atoms with van der Waals surface area (Å²) in [5, 5.41) is 1.26. The standard InChI is InChI=1S/C25H23N2.HI/c1-26-18-16-20(22-12-6-8-14-24(22)26)10-4-3-5-11-21-17-19-27(2)25-15-9-7-13-23(21)25;/h3-19H,1-2H3;1H/q+1;/p-1. The molecule has 0 fully saturated rings. The van der Waals surface area contributed by atoms with E-state index in [1.165, 1.54) is 33.3 Å². The number of benzene rings is 2. The summed E-state index contributed by atoms with van der Waals surface area (Å²) in [5.74, 6) is 0. The minimum absolute atomic E-state index is 0. The number of hydrogen-bond acceptors (Lipinski definition) is 1. The third kappa shape index (κ3) is 4.09. The number of para-hydroxylation sites is 2. The van der Waals surface area contributed by atoms with E-state index in [4.69, 9.17) is 0 Å². The Balaban J connectivity index is 0.00000225. The van der Waals surface area contributed by atoms with Crippen LogP contribution in [0.1, 0.15) is 11.1 Å². The van der Waals surface area contributed by atoms with Gasteiger partial charge in [-0.3, -0.25) is 0 Å². The first-order valence-corrected chi connectivity index (χ1v) is 9.17. The Kier molecular flexibility index (Phi) is 6.47. The van der Waals surface area contributed by atoms with Gasteiger partial charge < -0.3 is 28.9 Å². The van der Waals surface area contributed by atoms with Crippen molar-refractivity contribution in [3.8, 4) is 0 Å². The van der Waals surface area contributed by atoms with Gasteiger partial charge in [-0.05, 0) is 29.3 Å². The van der Waals surface area contributed by atoms with Crippen molar-refractivity contribution in [2.24, 2.45) is 7.05 Å². The molecule has 0 spiro atoms. The minimum Gasteiger partial charge on any atom is -1.00 e. The van der Waals surface area contributed by atoms with Crippen LogP contribution in [0.5, 0.6) is 0 Å². The number of nitrogens with zero attached hydrogens (tertiary/aromatic N) is 2. The van der Waals surface area contributed by atoms with E-state index < -0.39 is 0 Å². The first-order chi connectivity index (χ1) is 13.2. The monoisotopic (exact) mass is 478 g/mol. The number of fused-ring (bicyclic) bond motifs is 2. The number of anilines is 1. The zero-order valence-electron chi connectivity index (χ0n) is 16.1. The van der Waals surface area contributed by atoms with Gasteiger partial charge in [-0.1, -0.05) is 60.7 Å². The van der Waals surface area contributed by atoms with Crippen LogP contribution in [-0.4, -0.2) is 7.05 Å². The van der Waals surface area contributed by atoms with E-state index in [-0.39, 0.29) is 24.0 Å². The zero-order valence-corrected chi connectivity index (χ0v) is 18.2. The van der Waals surface area contributed by atoms with Gasteiger partial charge in [-0.15, -0.1) is 0 Å². The summed E-state index contributed by atoms with van der Waals surface area (Å²) < 4.78 is 2.15. The Morgan fingerprint density at radius 1 is 0.893 bits per heavy atom. The molecule has 1 aromatic heterocycles. The van der Waals surface area contributed by atoms with E-state index in [1.807, 2.05) is 0 Å². The third-order valence-electron chi connectivity index (χ3n) is 4.92. The molecule has 0 bridgehead atoms. The van der Waals surface area contributed by atoms with E-state index in [1.54, 1.807) is 0 Å². The Bertz CT molecular complexity index is 1110. The molecule has 0 aliphatic carbocycles. The molecule has 0 N–H and O–H groups in total. The quantitative estimate of drug-likeness (QED) is 0.319. The lowest BCUT2D eigenvalue weighted by Crippen LogP contribution is -3.00. The Labute approximate surface area is 183 Å². The Morgan fingerprint density at radius 2 is 1.68 bits per heavy atom. The molecule has 0 unspecified atom stereocenters. The fourth-order valence-electron chi connectivity index (χ4n) is 3.45. The van der Waals surface area contributed by atoms with Crippen molar-refractivity contribution >= 4 is 28.2 Å². The van der Waals surface area contributed by atoms with Gasteiger partial charge in [0.1, 0.15) is 7.05 Å². The van der Waals surface area contributed by atoms with Gasteiger partial charge in [-0.25, -0.2) is 4.57 Å². The second kappa shape index (κ2) is 9.02. The zero-order chi connectivity index (χ0) is 18.6. The molecule has 4 rings (SSSR count). The number of hydrogen-bond donors (Lipinski definition) is 0. The maximum Gasteiger partial charge on any atom is 0.212 e. The van der Waals surface area contributed by atoms with Crippen molar-refractivity contribution in [1.29, 1.82) is 0 Å². The van der Waals surface area contributed by atoms with Gasteiger partial charge in [0.05, 0.1) is 5.39 Å². The van der Waals surface area contributed by atoms with Crippen LogP contribution in [0.2, 0.25) is 0 Å². The van der Waals surface area contributed by atoms with Gasteiger partial charge in [0.2, 0.25) is 5.52 Å². The van der Waals surface area contributed by atoms with Crippen LogP contribution in [0.3, 0.4) is 0 Å². The second-order valence-corrected chi connectivity index (χ2v) is 6.71. The molecule has 3 heteroatoms. The van der Waals surface area contributed by atoms with Crippen LogP contribution in [0, 0.1) is 0 Å². The van der Waals surface area contributed by atoms with Gasteiger partial charge in [0.15, 0.2) is 6.20 Å². The summed E-state index contributed by atoms with van der Waals surface area (Å²) in [6.07, 6.45) is 17.0. The molecule has 1 aliphatic heterocycles. The Morgan fingerprint density at radius 3 is 2.57 bits per heavy atom. The molecule has 2 nitrogen and oxygen atoms in total. The van der Waals surface area contributed by atoms with E-state index in [0.717, 1.165) is 0 Å². The molecule has 28 heavy (non-hydrogen) atoms. The molecule has 2 heterocycles. The first-order valence-electron chi connectivity index (χ1n) is 9.17. The predicted octanol–water partition coefficient (Wildman–Crippen LogP) is 2.28. The average Bonchev–Trinajstić information content (AvgIpc) is 2.71. The maximum atomic E-state index is 2.17. The fraction of sp³-hybridized carbons (Fsp3) is 0.0800. The van der Waals surface area contributed by atoms with Crippen molar-refractivity contribution in [3.05, 3.63) is 109 Å². The van der Waals surface area contributed by atoms with Crippen LogP contribution in [0.15, 0.2) is 97.4 Å². The molecule has 3 aromatic rings. The second-order valence-electron chi connectivity index (χ2n) is 6.71. The van der Waals surface area contributed by atoms with Crippen molar-refractivity contribution in [3.63, 3.8) is 0 Å². The summed E-state index contributed by atoms with van der Waals surface area (Å²) in [6.45, 7) is 0. The molecule has 2 aromatic carbocycles. The van der Waals surface area contributed by atoms with Crippen LogP contribution >= 0.6 is 0 Å². The third-order valence-corrected chi connectivity index (χ3v) is 4.92. The van der Waals surface area contributed by atoms with Gasteiger partial charge in [0, 0.05) is 36.6 Å². The topological polar surface area (TPSA) is 7.12 Å². The van der Waals surface area contributed by atoms with Crippen LogP contribution in [0.25, 0.3) is 22.6 Å². The highest BCUT2D eigenvalue weighted by atomic mass is 127. The van der Waals surface area contributed by atoms with Gasteiger partial charge in [-0.2, -0.15) is 0 Å². The van der Waals surface area contributed by atoms with Crippen molar-refractivity contribution < 1.29 is 28.5 Å². The highest BCUT2D eigenvalue weighted by Gasteiger charge is 2.11. The number of halogens is 1. The summed E-state index contributed by atoms with van der Waals surface area (Å²) in [6, 6.07) is 19.1. The summed E-state index contributed by atoms with van der Waals surface area (Å²) in [4.78, 5) is 2.15. The van der Waals surface area contributed by atoms with Gasteiger partial charge in [0.25, 0.3) is 0 Å². The molecular weight excluding hydrogens is 455 g/mol. The molecule has 0 saturated heterocycles. The largest absolute Gasteiger partial charge is 1.00 e. The minimum atomic E-state index is 0.